The quantitative estimate of drug-likeness (QED) is 0.659. The summed E-state index contributed by atoms with van der Waals surface area (Å²) < 4.78 is 2.32. The largest absolute Gasteiger partial charge is 0.397 e. The Hall–Kier alpha value is -1.11. The van der Waals surface area contributed by atoms with E-state index in [1.54, 1.807) is 22.7 Å². The first-order valence-electron chi connectivity index (χ1n) is 6.26. The Bertz CT molecular complexity index is 748. The second kappa shape index (κ2) is 5.71. The first kappa shape index (κ1) is 13.9. The van der Waals surface area contributed by atoms with Crippen molar-refractivity contribution in [3.63, 3.8) is 0 Å². The summed E-state index contributed by atoms with van der Waals surface area (Å²) in [4.78, 5) is 5.86. The normalized spacial score (nSPS) is 11.1. The number of halogens is 1. The second-order valence-corrected chi connectivity index (χ2v) is 8.31. The topological polar surface area (TPSA) is 50.9 Å². The van der Waals surface area contributed by atoms with Crippen LogP contribution in [-0.2, 0) is 6.42 Å². The third-order valence-electron chi connectivity index (χ3n) is 2.98. The summed E-state index contributed by atoms with van der Waals surface area (Å²) in [5.41, 5.74) is 8.86. The molecule has 0 spiro atoms. The van der Waals surface area contributed by atoms with Gasteiger partial charge in [0.05, 0.1) is 30.4 Å². The number of nitrogens with one attached hydrogen (secondary N) is 1. The van der Waals surface area contributed by atoms with E-state index in [9.17, 15) is 0 Å². The highest BCUT2D eigenvalue weighted by molar-refractivity contribution is 9.11. The van der Waals surface area contributed by atoms with E-state index in [0.29, 0.717) is 0 Å². The van der Waals surface area contributed by atoms with Crippen LogP contribution in [0.25, 0.3) is 10.2 Å². The minimum Gasteiger partial charge on any atom is -0.397 e. The summed E-state index contributed by atoms with van der Waals surface area (Å²) in [7, 11) is 0. The van der Waals surface area contributed by atoms with Gasteiger partial charge in [0.15, 0.2) is 0 Å². The third kappa shape index (κ3) is 2.97. The van der Waals surface area contributed by atoms with Gasteiger partial charge >= 0.3 is 0 Å². The van der Waals surface area contributed by atoms with E-state index in [1.807, 2.05) is 19.1 Å². The van der Waals surface area contributed by atoms with Crippen molar-refractivity contribution in [2.45, 2.75) is 13.3 Å². The lowest BCUT2D eigenvalue weighted by molar-refractivity contribution is 1.05. The second-order valence-electron chi connectivity index (χ2n) is 4.52. The molecule has 0 saturated heterocycles. The zero-order valence-corrected chi connectivity index (χ0v) is 14.2. The number of hydrogen-bond donors (Lipinski definition) is 2. The van der Waals surface area contributed by atoms with Crippen molar-refractivity contribution in [3.8, 4) is 0 Å². The molecule has 3 nitrogen and oxygen atoms in total. The van der Waals surface area contributed by atoms with Crippen LogP contribution >= 0.6 is 38.6 Å². The molecule has 0 aliphatic rings. The van der Waals surface area contributed by atoms with Crippen molar-refractivity contribution in [3.05, 3.63) is 37.9 Å². The van der Waals surface area contributed by atoms with Crippen molar-refractivity contribution in [2.75, 3.05) is 17.6 Å². The summed E-state index contributed by atoms with van der Waals surface area (Å²) in [6.07, 6.45) is 0.990. The van der Waals surface area contributed by atoms with Crippen LogP contribution in [-0.4, -0.2) is 11.5 Å². The Morgan fingerprint density at radius 1 is 1.30 bits per heavy atom. The van der Waals surface area contributed by atoms with E-state index in [-0.39, 0.29) is 0 Å². The molecular weight excluding hydrogens is 354 g/mol. The van der Waals surface area contributed by atoms with E-state index < -0.39 is 0 Å². The van der Waals surface area contributed by atoms with Gasteiger partial charge in [-0.25, -0.2) is 4.98 Å². The molecule has 0 fully saturated rings. The van der Waals surface area contributed by atoms with Gasteiger partial charge in [-0.05, 0) is 53.5 Å². The highest BCUT2D eigenvalue weighted by Crippen LogP contribution is 2.30. The number of nitrogens with zero attached hydrogens (tertiary/aromatic N) is 1. The number of aryl methyl sites for hydroxylation is 1. The van der Waals surface area contributed by atoms with Crippen molar-refractivity contribution in [1.82, 2.24) is 4.98 Å². The van der Waals surface area contributed by atoms with Crippen LogP contribution < -0.4 is 11.1 Å². The van der Waals surface area contributed by atoms with Gasteiger partial charge in [-0.2, -0.15) is 0 Å². The fraction of sp³-hybridized carbons (Fsp3) is 0.214. The molecule has 3 aromatic rings. The van der Waals surface area contributed by atoms with Crippen LogP contribution in [0.1, 0.15) is 9.88 Å². The van der Waals surface area contributed by atoms with Gasteiger partial charge < -0.3 is 11.1 Å². The number of aromatic nitrogens is 1. The van der Waals surface area contributed by atoms with Crippen molar-refractivity contribution < 1.29 is 0 Å². The Kier molecular flexibility index (Phi) is 3.96. The Morgan fingerprint density at radius 3 is 2.90 bits per heavy atom. The summed E-state index contributed by atoms with van der Waals surface area (Å²) >= 11 is 6.92. The molecular formula is C14H14BrN3S2. The van der Waals surface area contributed by atoms with Crippen LogP contribution in [0.4, 0.5) is 11.4 Å². The zero-order chi connectivity index (χ0) is 14.1. The SMILES string of the molecule is Cc1nc2cc(NCCc3ccc(Br)s3)c(N)cc2s1. The fourth-order valence-corrected chi connectivity index (χ4v) is 4.40. The summed E-state index contributed by atoms with van der Waals surface area (Å²) in [6, 6.07) is 8.27. The Morgan fingerprint density at radius 2 is 2.15 bits per heavy atom. The van der Waals surface area contributed by atoms with Crippen molar-refractivity contribution in [2.24, 2.45) is 0 Å². The molecule has 0 aliphatic heterocycles. The summed E-state index contributed by atoms with van der Waals surface area (Å²) in [5, 5.41) is 4.47. The maximum atomic E-state index is 6.09. The number of thiophene rings is 1. The molecule has 0 aliphatic carbocycles. The number of rotatable bonds is 4. The molecule has 0 unspecified atom stereocenters. The molecule has 1 aromatic carbocycles. The highest BCUT2D eigenvalue weighted by Gasteiger charge is 2.06. The smallest absolute Gasteiger partial charge is 0.0907 e. The first-order chi connectivity index (χ1) is 9.61. The van der Waals surface area contributed by atoms with E-state index in [0.717, 1.165) is 39.6 Å². The molecule has 0 saturated carbocycles. The lowest BCUT2D eigenvalue weighted by Crippen LogP contribution is -2.06. The number of benzene rings is 1. The van der Waals surface area contributed by atoms with Crippen LogP contribution in [0, 0.1) is 6.92 Å². The van der Waals surface area contributed by atoms with Gasteiger partial charge in [-0.1, -0.05) is 0 Å². The van der Waals surface area contributed by atoms with Crippen LogP contribution in [0.2, 0.25) is 0 Å². The van der Waals surface area contributed by atoms with Gasteiger partial charge in [0.1, 0.15) is 0 Å². The van der Waals surface area contributed by atoms with Gasteiger partial charge in [-0.3, -0.25) is 0 Å². The Balaban J connectivity index is 1.71. The number of thiazole rings is 1. The molecule has 104 valence electrons. The minimum absolute atomic E-state index is 0.786. The summed E-state index contributed by atoms with van der Waals surface area (Å²) in [5.74, 6) is 0. The lowest BCUT2D eigenvalue weighted by atomic mass is 10.2. The predicted octanol–water partition coefficient (Wildman–Crippen LogP) is 4.67. The lowest BCUT2D eigenvalue weighted by Gasteiger charge is -2.08. The third-order valence-corrected chi connectivity index (χ3v) is 5.60. The number of hydrogen-bond acceptors (Lipinski definition) is 5. The summed E-state index contributed by atoms with van der Waals surface area (Å²) in [6.45, 7) is 2.88. The van der Waals surface area contributed by atoms with Gasteiger partial charge in [0.2, 0.25) is 0 Å². The van der Waals surface area contributed by atoms with Crippen LogP contribution in [0.15, 0.2) is 28.1 Å². The van der Waals surface area contributed by atoms with E-state index in [2.05, 4.69) is 38.4 Å². The molecule has 0 radical (unpaired) electrons. The zero-order valence-electron chi connectivity index (χ0n) is 10.9. The number of nitrogen functional groups attached to an aromatic ring is 1. The first-order valence-corrected chi connectivity index (χ1v) is 8.69. The molecule has 3 N–H and O–H groups in total. The van der Waals surface area contributed by atoms with E-state index >= 15 is 0 Å². The van der Waals surface area contributed by atoms with Crippen molar-refractivity contribution in [1.29, 1.82) is 0 Å². The fourth-order valence-electron chi connectivity index (χ4n) is 2.06. The average molecular weight is 368 g/mol. The van der Waals surface area contributed by atoms with E-state index in [4.69, 9.17) is 5.73 Å². The standard InChI is InChI=1S/C14H14BrN3S2/c1-8-18-12-7-11(10(16)6-13(12)19-8)17-5-4-9-2-3-14(15)20-9/h2-3,6-7,17H,4-5,16H2,1H3. The number of anilines is 2. The van der Waals surface area contributed by atoms with Crippen LogP contribution in [0.3, 0.4) is 0 Å². The monoisotopic (exact) mass is 367 g/mol. The van der Waals surface area contributed by atoms with Crippen molar-refractivity contribution >= 4 is 60.2 Å². The molecule has 2 aromatic heterocycles. The predicted molar refractivity (Wildman–Crippen MR) is 93.0 cm³/mol. The average Bonchev–Trinajstić information content (AvgIpc) is 2.95. The molecule has 0 atom stereocenters. The van der Waals surface area contributed by atoms with Gasteiger partial charge in [-0.15, -0.1) is 22.7 Å². The van der Waals surface area contributed by atoms with Gasteiger partial charge in [0.25, 0.3) is 0 Å². The highest BCUT2D eigenvalue weighted by atomic mass is 79.9. The minimum atomic E-state index is 0.786. The molecule has 20 heavy (non-hydrogen) atoms. The van der Waals surface area contributed by atoms with Crippen LogP contribution in [0.5, 0.6) is 0 Å². The van der Waals surface area contributed by atoms with E-state index in [1.165, 1.54) is 8.66 Å². The maximum Gasteiger partial charge on any atom is 0.0907 e. The molecule has 3 rings (SSSR count). The number of fused-ring (bicyclic) bond motifs is 1. The maximum absolute atomic E-state index is 6.09. The number of nitrogens with two attached hydrogens (primary N) is 1. The Labute approximate surface area is 134 Å². The van der Waals surface area contributed by atoms with Gasteiger partial charge in [0, 0.05) is 11.4 Å². The molecule has 2 heterocycles. The molecule has 0 amide bonds. The molecule has 6 heteroatoms. The molecule has 0 bridgehead atoms.